The van der Waals surface area contributed by atoms with Crippen LogP contribution in [0.25, 0.3) is 0 Å². The maximum atomic E-state index is 12.5. The number of benzene rings is 2. The first-order valence-corrected chi connectivity index (χ1v) is 9.52. The van der Waals surface area contributed by atoms with Gasteiger partial charge in [-0.25, -0.2) is 0 Å². The predicted molar refractivity (Wildman–Crippen MR) is 104 cm³/mol. The average Bonchev–Trinajstić information content (AvgIpc) is 3.15. The molecule has 0 spiro atoms. The molecule has 138 valence electrons. The van der Waals surface area contributed by atoms with Crippen molar-refractivity contribution in [2.75, 3.05) is 5.32 Å². The second-order valence-electron chi connectivity index (χ2n) is 6.48. The fourth-order valence-electron chi connectivity index (χ4n) is 3.05. The van der Waals surface area contributed by atoms with Crippen LogP contribution in [0.2, 0.25) is 5.02 Å². The van der Waals surface area contributed by atoms with Gasteiger partial charge in [-0.15, -0.1) is 0 Å². The van der Waals surface area contributed by atoms with Gasteiger partial charge in [0.15, 0.2) is 6.10 Å². The summed E-state index contributed by atoms with van der Waals surface area (Å²) in [6.45, 7) is 1.90. The van der Waals surface area contributed by atoms with Crippen molar-refractivity contribution in [1.82, 2.24) is 0 Å². The van der Waals surface area contributed by atoms with Gasteiger partial charge in [-0.1, -0.05) is 30.7 Å². The highest BCUT2D eigenvalue weighted by atomic mass is 35.5. The Morgan fingerprint density at radius 1 is 1.15 bits per heavy atom. The number of hydrogen-bond acceptors (Lipinski definition) is 3. The van der Waals surface area contributed by atoms with E-state index in [1.54, 1.807) is 12.1 Å². The fraction of sp³-hybridized carbons (Fsp3) is 0.381. The molecular weight excluding hydrogens is 350 g/mol. The minimum Gasteiger partial charge on any atom is -0.490 e. The second-order valence-corrected chi connectivity index (χ2v) is 6.89. The van der Waals surface area contributed by atoms with Crippen molar-refractivity contribution < 1.29 is 14.3 Å². The third-order valence-electron chi connectivity index (χ3n) is 4.50. The molecule has 0 heterocycles. The first kappa shape index (κ1) is 18.6. The van der Waals surface area contributed by atoms with E-state index in [2.05, 4.69) is 5.32 Å². The Kier molecular flexibility index (Phi) is 6.40. The molecule has 0 saturated heterocycles. The van der Waals surface area contributed by atoms with E-state index in [4.69, 9.17) is 21.1 Å². The molecule has 2 aromatic rings. The summed E-state index contributed by atoms with van der Waals surface area (Å²) >= 11 is 6.11. The minimum atomic E-state index is -0.607. The van der Waals surface area contributed by atoms with Crippen molar-refractivity contribution in [3.05, 3.63) is 53.6 Å². The number of anilines is 1. The number of ether oxygens (including phenoxy) is 2. The third-order valence-corrected chi connectivity index (χ3v) is 4.81. The summed E-state index contributed by atoms with van der Waals surface area (Å²) < 4.78 is 11.7. The first-order chi connectivity index (χ1) is 12.7. The van der Waals surface area contributed by atoms with Crippen LogP contribution < -0.4 is 14.8 Å². The Hall–Kier alpha value is -2.20. The van der Waals surface area contributed by atoms with Crippen LogP contribution in [-0.4, -0.2) is 18.1 Å². The standard InChI is InChI=1S/C21H24ClNO3/c1-2-19(26-20-10-6-5-9-18(20)22)21(24)23-15-11-13-17(14-12-15)25-16-7-3-4-8-16/h5-6,9-14,16,19H,2-4,7-8H2,1H3,(H,23,24). The monoisotopic (exact) mass is 373 g/mol. The number of halogens is 1. The largest absolute Gasteiger partial charge is 0.490 e. The van der Waals surface area contributed by atoms with Crippen LogP contribution in [0.4, 0.5) is 5.69 Å². The SMILES string of the molecule is CCC(Oc1ccccc1Cl)C(=O)Nc1ccc(OC2CCCC2)cc1. The molecule has 4 nitrogen and oxygen atoms in total. The van der Waals surface area contributed by atoms with Crippen molar-refractivity contribution >= 4 is 23.2 Å². The lowest BCUT2D eigenvalue weighted by Crippen LogP contribution is -2.32. The second kappa shape index (κ2) is 8.95. The molecule has 26 heavy (non-hydrogen) atoms. The van der Waals surface area contributed by atoms with Gasteiger partial charge < -0.3 is 14.8 Å². The molecular formula is C21H24ClNO3. The van der Waals surface area contributed by atoms with Gasteiger partial charge >= 0.3 is 0 Å². The smallest absolute Gasteiger partial charge is 0.265 e. The van der Waals surface area contributed by atoms with Crippen LogP contribution in [-0.2, 0) is 4.79 Å². The number of carbonyl (C=O) groups excluding carboxylic acids is 1. The summed E-state index contributed by atoms with van der Waals surface area (Å²) in [4.78, 5) is 12.5. The first-order valence-electron chi connectivity index (χ1n) is 9.14. The number of carbonyl (C=O) groups is 1. The van der Waals surface area contributed by atoms with Gasteiger partial charge in [0.2, 0.25) is 0 Å². The van der Waals surface area contributed by atoms with Crippen LogP contribution in [0.15, 0.2) is 48.5 Å². The number of rotatable bonds is 7. The zero-order chi connectivity index (χ0) is 18.4. The van der Waals surface area contributed by atoms with Gasteiger partial charge in [-0.2, -0.15) is 0 Å². The van der Waals surface area contributed by atoms with Crippen LogP contribution >= 0.6 is 11.6 Å². The normalized spacial score (nSPS) is 15.5. The van der Waals surface area contributed by atoms with Crippen molar-refractivity contribution in [1.29, 1.82) is 0 Å². The molecule has 1 fully saturated rings. The summed E-state index contributed by atoms with van der Waals surface area (Å²) in [5.41, 5.74) is 0.718. The zero-order valence-corrected chi connectivity index (χ0v) is 15.7. The molecule has 0 radical (unpaired) electrons. The summed E-state index contributed by atoms with van der Waals surface area (Å²) in [7, 11) is 0. The number of amides is 1. The van der Waals surface area contributed by atoms with E-state index in [1.165, 1.54) is 12.8 Å². The molecule has 3 rings (SSSR count). The average molecular weight is 374 g/mol. The molecule has 0 bridgehead atoms. The Morgan fingerprint density at radius 2 is 1.85 bits per heavy atom. The van der Waals surface area contributed by atoms with E-state index in [0.717, 1.165) is 24.3 Å². The highest BCUT2D eigenvalue weighted by Gasteiger charge is 2.20. The van der Waals surface area contributed by atoms with Crippen LogP contribution in [0.1, 0.15) is 39.0 Å². The molecule has 1 amide bonds. The van der Waals surface area contributed by atoms with Gasteiger partial charge in [0.25, 0.3) is 5.91 Å². The fourth-order valence-corrected chi connectivity index (χ4v) is 3.23. The highest BCUT2D eigenvalue weighted by molar-refractivity contribution is 6.32. The van der Waals surface area contributed by atoms with Gasteiger partial charge in [0.1, 0.15) is 11.5 Å². The minimum absolute atomic E-state index is 0.197. The summed E-state index contributed by atoms with van der Waals surface area (Å²) in [6, 6.07) is 14.6. The molecule has 1 aliphatic carbocycles. The van der Waals surface area contributed by atoms with Gasteiger partial charge in [0, 0.05) is 5.69 Å². The molecule has 5 heteroatoms. The Morgan fingerprint density at radius 3 is 2.50 bits per heavy atom. The molecule has 1 N–H and O–H groups in total. The number of nitrogens with one attached hydrogen (secondary N) is 1. The van der Waals surface area contributed by atoms with Crippen molar-refractivity contribution in [3.63, 3.8) is 0 Å². The molecule has 2 aromatic carbocycles. The maximum Gasteiger partial charge on any atom is 0.265 e. The van der Waals surface area contributed by atoms with E-state index in [9.17, 15) is 4.79 Å². The maximum absolute atomic E-state index is 12.5. The lowest BCUT2D eigenvalue weighted by molar-refractivity contribution is -0.122. The van der Waals surface area contributed by atoms with E-state index in [0.29, 0.717) is 23.3 Å². The molecule has 1 unspecified atom stereocenters. The summed E-state index contributed by atoms with van der Waals surface area (Å²) in [6.07, 6.45) is 4.98. The Balaban J connectivity index is 1.58. The predicted octanol–water partition coefficient (Wildman–Crippen LogP) is 5.46. The molecule has 1 saturated carbocycles. The van der Waals surface area contributed by atoms with E-state index in [1.807, 2.05) is 43.3 Å². The molecule has 0 aliphatic heterocycles. The Bertz CT molecular complexity index is 726. The Labute approximate surface area is 159 Å². The molecule has 1 aliphatic rings. The van der Waals surface area contributed by atoms with E-state index >= 15 is 0 Å². The van der Waals surface area contributed by atoms with Gasteiger partial charge in [0.05, 0.1) is 11.1 Å². The van der Waals surface area contributed by atoms with Gasteiger partial charge in [-0.3, -0.25) is 4.79 Å². The van der Waals surface area contributed by atoms with Crippen LogP contribution in [0.5, 0.6) is 11.5 Å². The lowest BCUT2D eigenvalue weighted by Gasteiger charge is -2.18. The van der Waals surface area contributed by atoms with Crippen LogP contribution in [0.3, 0.4) is 0 Å². The quantitative estimate of drug-likeness (QED) is 0.701. The van der Waals surface area contributed by atoms with Crippen molar-refractivity contribution in [2.45, 2.75) is 51.2 Å². The van der Waals surface area contributed by atoms with Crippen molar-refractivity contribution in [2.24, 2.45) is 0 Å². The summed E-state index contributed by atoms with van der Waals surface area (Å²) in [5.74, 6) is 1.16. The molecule has 1 atom stereocenters. The topological polar surface area (TPSA) is 47.6 Å². The number of para-hydroxylation sites is 1. The lowest BCUT2D eigenvalue weighted by atomic mass is 10.2. The van der Waals surface area contributed by atoms with Crippen LogP contribution in [0, 0.1) is 0 Å². The van der Waals surface area contributed by atoms with Crippen molar-refractivity contribution in [3.8, 4) is 11.5 Å². The van der Waals surface area contributed by atoms with Gasteiger partial charge in [-0.05, 0) is 68.5 Å². The zero-order valence-electron chi connectivity index (χ0n) is 14.9. The number of hydrogen-bond donors (Lipinski definition) is 1. The van der Waals surface area contributed by atoms with E-state index < -0.39 is 6.10 Å². The molecule has 0 aromatic heterocycles. The third kappa shape index (κ3) is 4.92. The summed E-state index contributed by atoms with van der Waals surface area (Å²) in [5, 5.41) is 3.38. The highest BCUT2D eigenvalue weighted by Crippen LogP contribution is 2.26. The van der Waals surface area contributed by atoms with E-state index in [-0.39, 0.29) is 5.91 Å².